The number of halogens is 3. The standard InChI is InChI=1S/C27H20F3N5O/c1-15-12-18(13-22(32-15)25(29)30)23-24(17-6-9-19(28)10-7-17)34-27(31)35-26(23)36-14-20-11-8-16-4-2-3-5-21(16)33-20/h2-13,25H,14H2,1H3,(H2,31,34,35). The van der Waals surface area contributed by atoms with E-state index in [4.69, 9.17) is 10.5 Å². The zero-order valence-electron chi connectivity index (χ0n) is 19.1. The van der Waals surface area contributed by atoms with Gasteiger partial charge in [0, 0.05) is 16.6 Å². The third-order valence-electron chi connectivity index (χ3n) is 5.51. The molecular weight excluding hydrogens is 467 g/mol. The second-order valence-electron chi connectivity index (χ2n) is 8.12. The maximum Gasteiger partial charge on any atom is 0.280 e. The third kappa shape index (κ3) is 4.81. The monoisotopic (exact) mass is 487 g/mol. The number of ether oxygens (including phenoxy) is 1. The molecule has 0 saturated heterocycles. The molecule has 0 unspecified atom stereocenters. The predicted molar refractivity (Wildman–Crippen MR) is 131 cm³/mol. The molecule has 0 saturated carbocycles. The van der Waals surface area contributed by atoms with Gasteiger partial charge < -0.3 is 10.5 Å². The summed E-state index contributed by atoms with van der Waals surface area (Å²) >= 11 is 0. The first-order valence-corrected chi connectivity index (χ1v) is 11.1. The van der Waals surface area contributed by atoms with Gasteiger partial charge >= 0.3 is 0 Å². The fourth-order valence-electron chi connectivity index (χ4n) is 3.92. The lowest BCUT2D eigenvalue weighted by molar-refractivity contribution is 0.146. The highest BCUT2D eigenvalue weighted by atomic mass is 19.3. The Kier molecular flexibility index (Phi) is 6.20. The van der Waals surface area contributed by atoms with E-state index in [2.05, 4.69) is 19.9 Å². The summed E-state index contributed by atoms with van der Waals surface area (Å²) in [6, 6.07) is 19.9. The van der Waals surface area contributed by atoms with Gasteiger partial charge in [-0.1, -0.05) is 24.3 Å². The molecule has 0 aliphatic heterocycles. The number of aryl methyl sites for hydroxylation is 1. The van der Waals surface area contributed by atoms with Crippen molar-refractivity contribution in [2.24, 2.45) is 0 Å². The Morgan fingerprint density at radius 1 is 0.861 bits per heavy atom. The molecule has 0 aliphatic carbocycles. The van der Waals surface area contributed by atoms with Crippen LogP contribution in [0.25, 0.3) is 33.3 Å². The van der Waals surface area contributed by atoms with Crippen LogP contribution in [0, 0.1) is 12.7 Å². The van der Waals surface area contributed by atoms with Crippen LogP contribution in [-0.2, 0) is 6.61 Å². The minimum atomic E-state index is -2.78. The molecule has 0 amide bonds. The molecule has 5 rings (SSSR count). The van der Waals surface area contributed by atoms with Crippen molar-refractivity contribution in [2.45, 2.75) is 20.0 Å². The van der Waals surface area contributed by atoms with Crippen molar-refractivity contribution in [3.05, 3.63) is 95.7 Å². The minimum absolute atomic E-state index is 0.0446. The zero-order chi connectivity index (χ0) is 25.2. The number of para-hydroxylation sites is 1. The Balaban J connectivity index is 1.64. The summed E-state index contributed by atoms with van der Waals surface area (Å²) in [5, 5.41) is 0.985. The summed E-state index contributed by atoms with van der Waals surface area (Å²) in [6.45, 7) is 1.66. The number of fused-ring (bicyclic) bond motifs is 1. The van der Waals surface area contributed by atoms with E-state index in [0.717, 1.165) is 10.9 Å². The summed E-state index contributed by atoms with van der Waals surface area (Å²) in [5.74, 6) is -0.428. The lowest BCUT2D eigenvalue weighted by Gasteiger charge is -2.16. The normalized spacial score (nSPS) is 11.2. The van der Waals surface area contributed by atoms with Gasteiger partial charge in [0.05, 0.1) is 22.5 Å². The number of pyridine rings is 2. The molecule has 3 heterocycles. The number of nitrogens with two attached hydrogens (primary N) is 1. The van der Waals surface area contributed by atoms with Crippen molar-refractivity contribution >= 4 is 16.9 Å². The molecule has 0 bridgehead atoms. The zero-order valence-corrected chi connectivity index (χ0v) is 19.1. The summed E-state index contributed by atoms with van der Waals surface area (Å²) in [4.78, 5) is 17.2. The number of hydrogen-bond acceptors (Lipinski definition) is 6. The smallest absolute Gasteiger partial charge is 0.280 e. The number of benzene rings is 2. The van der Waals surface area contributed by atoms with Crippen molar-refractivity contribution < 1.29 is 17.9 Å². The van der Waals surface area contributed by atoms with Crippen LogP contribution in [0.3, 0.4) is 0 Å². The lowest BCUT2D eigenvalue weighted by atomic mass is 9.99. The van der Waals surface area contributed by atoms with Crippen LogP contribution < -0.4 is 10.5 Å². The average molecular weight is 487 g/mol. The molecule has 5 aromatic rings. The first-order valence-electron chi connectivity index (χ1n) is 11.1. The minimum Gasteiger partial charge on any atom is -0.471 e. The first-order chi connectivity index (χ1) is 17.4. The molecule has 2 aromatic carbocycles. The van der Waals surface area contributed by atoms with E-state index in [1.165, 1.54) is 30.3 Å². The van der Waals surface area contributed by atoms with Gasteiger partial charge in [-0.2, -0.15) is 4.98 Å². The fraction of sp³-hybridized carbons (Fsp3) is 0.111. The average Bonchev–Trinajstić information content (AvgIpc) is 2.87. The number of nitrogens with zero attached hydrogens (tertiary/aromatic N) is 4. The second-order valence-corrected chi connectivity index (χ2v) is 8.12. The highest BCUT2D eigenvalue weighted by Crippen LogP contribution is 2.39. The molecule has 0 spiro atoms. The molecule has 0 atom stereocenters. The van der Waals surface area contributed by atoms with Gasteiger partial charge in [0.15, 0.2) is 0 Å². The molecule has 3 aromatic heterocycles. The van der Waals surface area contributed by atoms with Crippen molar-refractivity contribution in [1.82, 2.24) is 19.9 Å². The van der Waals surface area contributed by atoms with Crippen LogP contribution in [0.15, 0.2) is 72.8 Å². The largest absolute Gasteiger partial charge is 0.471 e. The van der Waals surface area contributed by atoms with Crippen LogP contribution >= 0.6 is 0 Å². The maximum atomic E-state index is 13.6. The molecule has 0 aliphatic rings. The number of anilines is 1. The molecule has 36 heavy (non-hydrogen) atoms. The van der Waals surface area contributed by atoms with E-state index in [1.54, 1.807) is 13.0 Å². The Hall–Kier alpha value is -4.53. The maximum absolute atomic E-state index is 13.6. The van der Waals surface area contributed by atoms with Crippen LogP contribution in [0.1, 0.15) is 23.5 Å². The Labute approximate surface area is 204 Å². The van der Waals surface area contributed by atoms with Gasteiger partial charge in [-0.3, -0.25) is 4.98 Å². The molecule has 9 heteroatoms. The van der Waals surface area contributed by atoms with E-state index in [9.17, 15) is 13.2 Å². The summed E-state index contributed by atoms with van der Waals surface area (Å²) in [7, 11) is 0. The molecule has 180 valence electrons. The van der Waals surface area contributed by atoms with Crippen LogP contribution in [0.4, 0.5) is 19.1 Å². The molecule has 0 radical (unpaired) electrons. The predicted octanol–water partition coefficient (Wildman–Crippen LogP) is 6.30. The number of aromatic nitrogens is 4. The second kappa shape index (κ2) is 9.61. The van der Waals surface area contributed by atoms with Gasteiger partial charge in [0.2, 0.25) is 11.8 Å². The van der Waals surface area contributed by atoms with E-state index in [0.29, 0.717) is 33.8 Å². The number of hydrogen-bond donors (Lipinski definition) is 1. The Morgan fingerprint density at radius 3 is 2.42 bits per heavy atom. The van der Waals surface area contributed by atoms with E-state index >= 15 is 0 Å². The number of alkyl halides is 2. The van der Waals surface area contributed by atoms with Crippen molar-refractivity contribution in [3.8, 4) is 28.3 Å². The Bertz CT molecular complexity index is 1560. The third-order valence-corrected chi connectivity index (χ3v) is 5.51. The molecule has 6 nitrogen and oxygen atoms in total. The molecular formula is C27H20F3N5O. The fourth-order valence-corrected chi connectivity index (χ4v) is 3.92. The highest BCUT2D eigenvalue weighted by molar-refractivity contribution is 5.85. The van der Waals surface area contributed by atoms with Crippen LogP contribution in [0.5, 0.6) is 5.88 Å². The van der Waals surface area contributed by atoms with E-state index < -0.39 is 17.9 Å². The quantitative estimate of drug-likeness (QED) is 0.302. The number of nitrogen functional groups attached to an aromatic ring is 1. The summed E-state index contributed by atoms with van der Waals surface area (Å²) < 4.78 is 46.8. The van der Waals surface area contributed by atoms with Gasteiger partial charge in [0.25, 0.3) is 6.43 Å². The van der Waals surface area contributed by atoms with Gasteiger partial charge in [-0.25, -0.2) is 23.1 Å². The topological polar surface area (TPSA) is 86.8 Å². The van der Waals surface area contributed by atoms with E-state index in [1.807, 2.05) is 36.4 Å². The van der Waals surface area contributed by atoms with Crippen LogP contribution in [-0.4, -0.2) is 19.9 Å². The van der Waals surface area contributed by atoms with Gasteiger partial charge in [-0.05, 0) is 61.0 Å². The van der Waals surface area contributed by atoms with Crippen LogP contribution in [0.2, 0.25) is 0 Å². The summed E-state index contributed by atoms with van der Waals surface area (Å²) in [5.41, 5.74) is 8.97. The van der Waals surface area contributed by atoms with Crippen molar-refractivity contribution in [1.29, 1.82) is 0 Å². The lowest BCUT2D eigenvalue weighted by Crippen LogP contribution is -2.07. The SMILES string of the molecule is Cc1cc(-c2c(OCc3ccc4ccccc4n3)nc(N)nc2-c2ccc(F)cc2)cc(C(F)F)n1. The van der Waals surface area contributed by atoms with E-state index in [-0.39, 0.29) is 18.4 Å². The number of rotatable bonds is 6. The Morgan fingerprint density at radius 2 is 1.64 bits per heavy atom. The molecule has 0 fully saturated rings. The molecule has 2 N–H and O–H groups in total. The van der Waals surface area contributed by atoms with Gasteiger partial charge in [-0.15, -0.1) is 0 Å². The highest BCUT2D eigenvalue weighted by Gasteiger charge is 2.21. The summed E-state index contributed by atoms with van der Waals surface area (Å²) in [6.07, 6.45) is -2.78. The van der Waals surface area contributed by atoms with Crippen molar-refractivity contribution in [3.63, 3.8) is 0 Å². The first kappa shape index (κ1) is 23.2. The van der Waals surface area contributed by atoms with Crippen molar-refractivity contribution in [2.75, 3.05) is 5.73 Å². The van der Waals surface area contributed by atoms with Gasteiger partial charge in [0.1, 0.15) is 18.1 Å².